The summed E-state index contributed by atoms with van der Waals surface area (Å²) in [7, 11) is 0. The summed E-state index contributed by atoms with van der Waals surface area (Å²) in [6, 6.07) is 0. The van der Waals surface area contributed by atoms with Crippen LogP contribution in [0.2, 0.25) is 0 Å². The van der Waals surface area contributed by atoms with Gasteiger partial charge in [0.25, 0.3) is 0 Å². The maximum absolute atomic E-state index is 6.45. The van der Waals surface area contributed by atoms with Crippen LogP contribution in [-0.4, -0.2) is 52.0 Å². The Labute approximate surface area is 339 Å². The van der Waals surface area contributed by atoms with Gasteiger partial charge in [-0.2, -0.15) is 0 Å². The molecule has 0 amide bonds. The highest BCUT2D eigenvalue weighted by atomic mass is 35.6. The fraction of sp³-hybridized carbons (Fsp3) is 1.00. The Morgan fingerprint density at radius 2 is 0.316 bits per heavy atom. The van der Waals surface area contributed by atoms with Crippen LogP contribution < -0.4 is 0 Å². The molecule has 230 valence electrons. The molecule has 0 nitrogen and oxygen atoms in total. The quantitative estimate of drug-likeness (QED) is 0.202. The summed E-state index contributed by atoms with van der Waals surface area (Å²) in [6.45, 7) is 1.99. The minimum atomic E-state index is -3.27. The van der Waals surface area contributed by atoms with Crippen LogP contribution in [0.5, 0.6) is 0 Å². The van der Waals surface area contributed by atoms with E-state index in [0.29, 0.717) is 0 Å². The van der Waals surface area contributed by atoms with Crippen molar-refractivity contribution in [1.82, 2.24) is 0 Å². The van der Waals surface area contributed by atoms with Crippen molar-refractivity contribution in [2.24, 2.45) is 0 Å². The van der Waals surface area contributed by atoms with E-state index in [-0.39, 0.29) is 0 Å². The zero-order chi connectivity index (χ0) is 32.0. The summed E-state index contributed by atoms with van der Waals surface area (Å²) in [5.41, 5.74) is 0. The van der Waals surface area contributed by atoms with Gasteiger partial charge in [-0.25, -0.2) is 0 Å². The highest BCUT2D eigenvalue weighted by Crippen LogP contribution is 2.75. The lowest BCUT2D eigenvalue weighted by molar-refractivity contribution is 0.392. The summed E-state index contributed by atoms with van der Waals surface area (Å²) in [4.78, 5) is -4.82. The molecule has 2 unspecified atom stereocenters. The second kappa shape index (κ2) is 13.0. The van der Waals surface area contributed by atoms with Crippen LogP contribution in [0.4, 0.5) is 0 Å². The van der Waals surface area contributed by atoms with Gasteiger partial charge in [0.2, 0.25) is 7.59 Å². The highest BCUT2D eigenvalue weighted by molar-refractivity contribution is 6.82. The normalized spacial score (nSPS) is 19.7. The van der Waals surface area contributed by atoms with E-state index in [1.54, 1.807) is 0 Å². The van der Waals surface area contributed by atoms with Gasteiger partial charge in [0, 0.05) is 0 Å². The molecule has 0 aliphatic carbocycles. The zero-order valence-electron chi connectivity index (χ0n) is 17.1. The van der Waals surface area contributed by atoms with E-state index in [9.17, 15) is 0 Å². The Morgan fingerprint density at radius 1 is 0.211 bits per heavy atom. The molecular formula is C14H6Cl24. The highest BCUT2D eigenvalue weighted by Gasteiger charge is 2.84. The predicted molar refractivity (Wildman–Crippen MR) is 185 cm³/mol. The van der Waals surface area contributed by atoms with Crippen molar-refractivity contribution >= 4 is 278 Å². The number of alkyl halides is 24. The molecule has 0 bridgehead atoms. The number of rotatable bonds is 9. The van der Waals surface area contributed by atoms with Gasteiger partial charge in [-0.1, -0.05) is 255 Å². The second-order valence-corrected chi connectivity index (χ2v) is 24.3. The first kappa shape index (κ1) is 45.0. The molecule has 0 rings (SSSR count). The summed E-state index contributed by atoms with van der Waals surface area (Å²) >= 11 is 150. The minimum absolute atomic E-state index is 0.993. The third kappa shape index (κ3) is 6.74. The monoisotopic (exact) mass is 1010 g/mol. The molecule has 0 saturated carbocycles. The van der Waals surface area contributed by atoms with Crippen molar-refractivity contribution in [3.8, 4) is 0 Å². The first-order valence-electron chi connectivity index (χ1n) is 8.29. The van der Waals surface area contributed by atoms with E-state index in [1.165, 1.54) is 0 Å². The largest absolute Gasteiger partial charge is 0.212 e. The van der Waals surface area contributed by atoms with Crippen molar-refractivity contribution < 1.29 is 0 Å². The van der Waals surface area contributed by atoms with Gasteiger partial charge < -0.3 is 0 Å². The zero-order valence-corrected chi connectivity index (χ0v) is 35.2. The molecule has 0 spiro atoms. The van der Waals surface area contributed by atoms with Crippen LogP contribution in [0, 0.1) is 0 Å². The average molecular weight is 1030 g/mol. The van der Waals surface area contributed by atoms with Gasteiger partial charge in [-0.3, -0.25) is 0 Å². The molecule has 2 atom stereocenters. The molecular weight excluding hydrogens is 1020 g/mol. The van der Waals surface area contributed by atoms with E-state index in [1.807, 2.05) is 0 Å². The molecule has 0 aromatic rings. The van der Waals surface area contributed by atoms with Crippen LogP contribution >= 0.6 is 278 Å². The molecule has 0 fully saturated rings. The van der Waals surface area contributed by atoms with Gasteiger partial charge in [0.15, 0.2) is 34.7 Å². The lowest BCUT2D eigenvalue weighted by Gasteiger charge is -2.57. The molecule has 0 saturated heterocycles. The lowest BCUT2D eigenvalue weighted by atomic mass is 9.94. The fourth-order valence-electron chi connectivity index (χ4n) is 2.13. The van der Waals surface area contributed by atoms with Gasteiger partial charge in [0.1, 0.15) is 9.75 Å². The Morgan fingerprint density at radius 3 is 0.421 bits per heavy atom. The van der Waals surface area contributed by atoms with Gasteiger partial charge in [0.05, 0.1) is 0 Å². The van der Waals surface area contributed by atoms with Gasteiger partial charge in [-0.15, -0.1) is 23.2 Å². The van der Waals surface area contributed by atoms with Gasteiger partial charge in [-0.05, 0) is 13.8 Å². The average Bonchev–Trinajstić information content (AvgIpc) is 2.64. The smallest absolute Gasteiger partial charge is 0.111 e. The predicted octanol–water partition coefficient (Wildman–Crippen LogP) is 15.1. The van der Waals surface area contributed by atoms with Crippen LogP contribution in [0.1, 0.15) is 13.8 Å². The molecule has 0 N–H and O–H groups in total. The van der Waals surface area contributed by atoms with Gasteiger partial charge >= 0.3 is 0 Å². The summed E-state index contributed by atoms with van der Waals surface area (Å²) < 4.78 is -29.9. The van der Waals surface area contributed by atoms with Crippen molar-refractivity contribution in [1.29, 1.82) is 0 Å². The lowest BCUT2D eigenvalue weighted by Crippen LogP contribution is -2.74. The SMILES string of the molecule is CC(Cl)(C(Cl)(Cl)Cl)C(Cl)(Cl)C(Cl)(Cl)C(Cl)(Cl)C(Cl)(Cl)C(Cl)(Cl)C(Cl)(Cl)C(Cl)(Cl)C(Cl)(Cl)C(C)(Cl)C(Cl)(Cl)Cl. The molecule has 0 radical (unpaired) electrons. The van der Waals surface area contributed by atoms with Crippen molar-refractivity contribution in [2.75, 3.05) is 0 Å². The summed E-state index contributed by atoms with van der Waals surface area (Å²) in [6.07, 6.45) is 0. The number of hydrogen-bond acceptors (Lipinski definition) is 0. The number of halogens is 24. The topological polar surface area (TPSA) is 0 Å². The Bertz CT molecular complexity index is 794. The second-order valence-electron chi connectivity index (χ2n) is 7.60. The maximum Gasteiger partial charge on any atom is 0.212 e. The summed E-state index contributed by atoms with van der Waals surface area (Å²) in [5.74, 6) is 0. The standard InChI is InChI=1S/C14H6Cl24/c1-3(15,13(33,34)35)5(17,18)7(21,22)9(25,26)11(29,30)12(31,32)10(27,28)8(23,24)6(19,20)4(2,16)14(36,37)38/h1-2H3. The molecule has 0 heterocycles. The molecule has 24 heteroatoms. The van der Waals surface area contributed by atoms with Crippen molar-refractivity contribution in [3.63, 3.8) is 0 Å². The molecule has 0 aliphatic heterocycles. The summed E-state index contributed by atoms with van der Waals surface area (Å²) in [5, 5.41) is 0. The number of hydrogen-bond donors (Lipinski definition) is 0. The first-order chi connectivity index (χ1) is 15.8. The third-order valence-corrected chi connectivity index (χ3v) is 21.5. The van der Waals surface area contributed by atoms with Crippen LogP contribution in [-0.2, 0) is 0 Å². The molecule has 0 aliphatic rings. The van der Waals surface area contributed by atoms with Crippen LogP contribution in [0.3, 0.4) is 0 Å². The Kier molecular flexibility index (Phi) is 15.4. The molecule has 0 aromatic carbocycles. The Balaban J connectivity index is 7.29. The van der Waals surface area contributed by atoms with E-state index in [2.05, 4.69) is 0 Å². The van der Waals surface area contributed by atoms with E-state index < -0.39 is 52.0 Å². The first-order valence-corrected chi connectivity index (χ1v) is 17.4. The maximum atomic E-state index is 6.45. The van der Waals surface area contributed by atoms with E-state index in [4.69, 9.17) is 278 Å². The minimum Gasteiger partial charge on any atom is -0.111 e. The van der Waals surface area contributed by atoms with Crippen molar-refractivity contribution in [2.45, 2.75) is 65.8 Å². The fourth-order valence-corrected chi connectivity index (χ4v) is 9.92. The van der Waals surface area contributed by atoms with E-state index in [0.717, 1.165) is 13.8 Å². The van der Waals surface area contributed by atoms with Crippen molar-refractivity contribution in [3.05, 3.63) is 0 Å². The van der Waals surface area contributed by atoms with Crippen LogP contribution in [0.15, 0.2) is 0 Å². The molecule has 38 heavy (non-hydrogen) atoms. The van der Waals surface area contributed by atoms with E-state index >= 15 is 0 Å². The van der Waals surface area contributed by atoms with Crippen LogP contribution in [0.25, 0.3) is 0 Å². The third-order valence-electron chi connectivity index (χ3n) is 5.00. The molecule has 0 aromatic heterocycles. The Hall–Kier alpha value is 6.96.